The maximum Gasteiger partial charge on any atom is 0.329 e. The number of benzene rings is 2. The predicted molar refractivity (Wildman–Crippen MR) is 124 cm³/mol. The first-order valence-corrected chi connectivity index (χ1v) is 11.6. The Morgan fingerprint density at radius 1 is 0.971 bits per heavy atom. The number of sulfonamides is 1. The van der Waals surface area contributed by atoms with Gasteiger partial charge in [-0.25, -0.2) is 18.6 Å². The average Bonchev–Trinajstić information content (AvgIpc) is 3.29. The monoisotopic (exact) mass is 484 g/mol. The molecule has 0 fully saturated rings. The molecule has 1 aromatic heterocycles. The number of methoxy groups -OCH3 is 1. The zero-order chi connectivity index (χ0) is 24.6. The molecule has 3 N–H and O–H groups in total. The van der Waals surface area contributed by atoms with Crippen LogP contribution in [-0.4, -0.2) is 33.6 Å². The van der Waals surface area contributed by atoms with E-state index in [-0.39, 0.29) is 23.7 Å². The van der Waals surface area contributed by atoms with Crippen LogP contribution in [0.5, 0.6) is 5.75 Å². The number of hydrogen-bond donors (Lipinski definition) is 3. The molecule has 3 rings (SSSR count). The third-order valence-corrected chi connectivity index (χ3v) is 6.04. The molecule has 0 unspecified atom stereocenters. The molecule has 0 radical (unpaired) electrons. The fraction of sp³-hybridized carbons (Fsp3) is 0.174. The summed E-state index contributed by atoms with van der Waals surface area (Å²) >= 11 is 0. The summed E-state index contributed by atoms with van der Waals surface area (Å²) in [4.78, 5) is 23.9. The largest absolute Gasteiger partial charge is 0.497 e. The van der Waals surface area contributed by atoms with E-state index in [2.05, 4.69) is 20.6 Å². The van der Waals surface area contributed by atoms with Crippen LogP contribution in [-0.2, 0) is 32.7 Å². The standard InChI is InChI=1S/C23H24N4O6S/c1-16-3-11-21(12-4-16)34(30,31)26-15-20-10-9-19(33-20)14-25-27-23(29)22(28)24-13-17-5-7-18(32-2)8-6-17/h3-12,14,26H,13,15H2,1-2H3,(H,24,28)(H,27,29)/b25-14+. The molecule has 11 heteroatoms. The topological polar surface area (TPSA) is 139 Å². The number of rotatable bonds is 9. The number of carbonyl (C=O) groups excluding carboxylic acids is 2. The van der Waals surface area contributed by atoms with Crippen molar-refractivity contribution < 1.29 is 27.2 Å². The van der Waals surface area contributed by atoms with E-state index in [9.17, 15) is 18.0 Å². The molecule has 178 valence electrons. The number of hydrazone groups is 1. The Bertz CT molecular complexity index is 1270. The van der Waals surface area contributed by atoms with Crippen molar-refractivity contribution in [3.05, 3.63) is 83.3 Å². The van der Waals surface area contributed by atoms with Crippen molar-refractivity contribution in [3.63, 3.8) is 0 Å². The molecule has 0 aliphatic carbocycles. The quantitative estimate of drug-likeness (QED) is 0.241. The van der Waals surface area contributed by atoms with Crippen molar-refractivity contribution in [1.29, 1.82) is 0 Å². The van der Waals surface area contributed by atoms with Crippen LogP contribution in [0.25, 0.3) is 0 Å². The fourth-order valence-corrected chi connectivity index (χ4v) is 3.73. The molecule has 0 aliphatic rings. The van der Waals surface area contributed by atoms with Crippen molar-refractivity contribution in [1.82, 2.24) is 15.5 Å². The first kappa shape index (κ1) is 24.7. The first-order valence-electron chi connectivity index (χ1n) is 10.2. The molecule has 2 aromatic carbocycles. The van der Waals surface area contributed by atoms with E-state index in [1.54, 1.807) is 55.6 Å². The summed E-state index contributed by atoms with van der Waals surface area (Å²) in [7, 11) is -2.13. The van der Waals surface area contributed by atoms with Crippen molar-refractivity contribution in [2.24, 2.45) is 5.10 Å². The Morgan fingerprint density at radius 2 is 1.68 bits per heavy atom. The van der Waals surface area contributed by atoms with Crippen LogP contribution in [0.15, 0.2) is 75.1 Å². The minimum Gasteiger partial charge on any atom is -0.497 e. The highest BCUT2D eigenvalue weighted by Gasteiger charge is 2.15. The SMILES string of the molecule is COc1ccc(CNC(=O)C(=O)N/N=C/c2ccc(CNS(=O)(=O)c3ccc(C)cc3)o2)cc1. The van der Waals surface area contributed by atoms with Gasteiger partial charge in [0.1, 0.15) is 17.3 Å². The second kappa shape index (κ2) is 11.3. The van der Waals surface area contributed by atoms with Gasteiger partial charge in [0.25, 0.3) is 0 Å². The lowest BCUT2D eigenvalue weighted by atomic mass is 10.2. The molecule has 0 saturated heterocycles. The second-order valence-corrected chi connectivity index (χ2v) is 8.94. The normalized spacial score (nSPS) is 11.4. The Labute approximate surface area is 197 Å². The lowest BCUT2D eigenvalue weighted by molar-refractivity contribution is -0.139. The fourth-order valence-electron chi connectivity index (χ4n) is 2.74. The first-order chi connectivity index (χ1) is 16.3. The number of hydrogen-bond acceptors (Lipinski definition) is 7. The van der Waals surface area contributed by atoms with Crippen LogP contribution in [0.1, 0.15) is 22.6 Å². The van der Waals surface area contributed by atoms with Gasteiger partial charge in [-0.15, -0.1) is 0 Å². The van der Waals surface area contributed by atoms with Gasteiger partial charge in [-0.05, 0) is 48.9 Å². The lowest BCUT2D eigenvalue weighted by Crippen LogP contribution is -2.37. The molecular weight excluding hydrogens is 460 g/mol. The highest BCUT2D eigenvalue weighted by molar-refractivity contribution is 7.89. The van der Waals surface area contributed by atoms with E-state index >= 15 is 0 Å². The van der Waals surface area contributed by atoms with Gasteiger partial charge in [-0.3, -0.25) is 9.59 Å². The van der Waals surface area contributed by atoms with Gasteiger partial charge < -0.3 is 14.5 Å². The van der Waals surface area contributed by atoms with Crippen LogP contribution in [0.3, 0.4) is 0 Å². The van der Waals surface area contributed by atoms with Gasteiger partial charge >= 0.3 is 11.8 Å². The number of furan rings is 1. The highest BCUT2D eigenvalue weighted by Crippen LogP contribution is 2.12. The number of carbonyl (C=O) groups is 2. The number of amides is 2. The van der Waals surface area contributed by atoms with Crippen molar-refractivity contribution in [2.75, 3.05) is 7.11 Å². The molecule has 0 spiro atoms. The van der Waals surface area contributed by atoms with Gasteiger partial charge in [0.05, 0.1) is 24.8 Å². The zero-order valence-electron chi connectivity index (χ0n) is 18.6. The van der Waals surface area contributed by atoms with E-state index in [1.807, 2.05) is 6.92 Å². The molecule has 0 aliphatic heterocycles. The van der Waals surface area contributed by atoms with E-state index in [1.165, 1.54) is 18.3 Å². The zero-order valence-corrected chi connectivity index (χ0v) is 19.4. The molecule has 0 saturated carbocycles. The van der Waals surface area contributed by atoms with E-state index in [0.717, 1.165) is 11.1 Å². The highest BCUT2D eigenvalue weighted by atomic mass is 32.2. The minimum absolute atomic E-state index is 0.0653. The van der Waals surface area contributed by atoms with Gasteiger partial charge in [0.2, 0.25) is 10.0 Å². The van der Waals surface area contributed by atoms with Crippen molar-refractivity contribution in [2.45, 2.75) is 24.9 Å². The third-order valence-electron chi connectivity index (χ3n) is 4.63. The molecule has 2 amide bonds. The lowest BCUT2D eigenvalue weighted by Gasteiger charge is -2.05. The van der Waals surface area contributed by atoms with Crippen molar-refractivity contribution >= 4 is 28.1 Å². The van der Waals surface area contributed by atoms with Crippen molar-refractivity contribution in [3.8, 4) is 5.75 Å². The number of nitrogens with one attached hydrogen (secondary N) is 3. The summed E-state index contributed by atoms with van der Waals surface area (Å²) in [5.41, 5.74) is 3.86. The molecule has 1 heterocycles. The number of nitrogens with zero attached hydrogens (tertiary/aromatic N) is 1. The Morgan fingerprint density at radius 3 is 2.35 bits per heavy atom. The van der Waals surface area contributed by atoms with Crippen LogP contribution in [0.4, 0.5) is 0 Å². The summed E-state index contributed by atoms with van der Waals surface area (Å²) in [6.07, 6.45) is 1.20. The number of aryl methyl sites for hydroxylation is 1. The smallest absolute Gasteiger partial charge is 0.329 e. The van der Waals surface area contributed by atoms with Crippen LogP contribution in [0.2, 0.25) is 0 Å². The summed E-state index contributed by atoms with van der Waals surface area (Å²) in [6.45, 7) is 1.97. The summed E-state index contributed by atoms with van der Waals surface area (Å²) in [6, 6.07) is 16.6. The predicted octanol–water partition coefficient (Wildman–Crippen LogP) is 1.84. The second-order valence-electron chi connectivity index (χ2n) is 7.17. The van der Waals surface area contributed by atoms with Gasteiger partial charge in [0.15, 0.2) is 0 Å². The molecule has 34 heavy (non-hydrogen) atoms. The minimum atomic E-state index is -3.68. The Kier molecular flexibility index (Phi) is 8.17. The molecule has 10 nitrogen and oxygen atoms in total. The third kappa shape index (κ3) is 7.02. The van der Waals surface area contributed by atoms with E-state index in [0.29, 0.717) is 11.5 Å². The van der Waals surface area contributed by atoms with Gasteiger partial charge in [-0.1, -0.05) is 29.8 Å². The molecule has 0 atom stereocenters. The van der Waals surface area contributed by atoms with Crippen LogP contribution in [0, 0.1) is 6.92 Å². The Hall–Kier alpha value is -3.96. The van der Waals surface area contributed by atoms with Crippen LogP contribution < -0.4 is 20.2 Å². The average molecular weight is 485 g/mol. The summed E-state index contributed by atoms with van der Waals surface area (Å²) < 4.78 is 37.6. The van der Waals surface area contributed by atoms with Crippen LogP contribution >= 0.6 is 0 Å². The molecule has 0 bridgehead atoms. The maximum absolute atomic E-state index is 12.3. The van der Waals surface area contributed by atoms with Gasteiger partial charge in [0, 0.05) is 6.54 Å². The molecular formula is C23H24N4O6S. The van der Waals surface area contributed by atoms with E-state index in [4.69, 9.17) is 9.15 Å². The summed E-state index contributed by atoms with van der Waals surface area (Å²) in [5, 5.41) is 6.17. The van der Waals surface area contributed by atoms with E-state index < -0.39 is 21.8 Å². The molecule has 3 aromatic rings. The Balaban J connectivity index is 1.45. The number of ether oxygens (including phenoxy) is 1. The van der Waals surface area contributed by atoms with Gasteiger partial charge in [-0.2, -0.15) is 5.10 Å². The maximum atomic E-state index is 12.3. The summed E-state index contributed by atoms with van der Waals surface area (Å²) in [5.74, 6) is -0.489.